The Morgan fingerprint density at radius 2 is 1.78 bits per heavy atom. The van der Waals surface area contributed by atoms with Crippen molar-refractivity contribution in [1.29, 1.82) is 0 Å². The molecule has 3 amide bonds. The molecule has 3 heterocycles. The van der Waals surface area contributed by atoms with Gasteiger partial charge < -0.3 is 20.1 Å². The summed E-state index contributed by atoms with van der Waals surface area (Å²) in [5.41, 5.74) is 1.41. The van der Waals surface area contributed by atoms with Gasteiger partial charge in [0.1, 0.15) is 16.7 Å². The van der Waals surface area contributed by atoms with E-state index in [0.717, 1.165) is 15.8 Å². The number of aromatic amines is 1. The Morgan fingerprint density at radius 1 is 1.05 bits per heavy atom. The third kappa shape index (κ3) is 5.28. The number of carbonyl (C=O) groups excluding carboxylic acids is 3. The fourth-order valence-electron chi connectivity index (χ4n) is 4.98. The molecule has 1 aromatic heterocycles. The van der Waals surface area contributed by atoms with Crippen molar-refractivity contribution in [3.05, 3.63) is 96.3 Å². The molecule has 2 aliphatic heterocycles. The van der Waals surface area contributed by atoms with Crippen molar-refractivity contribution in [2.45, 2.75) is 16.2 Å². The van der Waals surface area contributed by atoms with Gasteiger partial charge in [-0.1, -0.05) is 50.6 Å². The number of imide groups is 1. The number of nitrogens with zero attached hydrogens (tertiary/aromatic N) is 1. The topological polar surface area (TPSA) is 129 Å². The van der Waals surface area contributed by atoms with Crippen LogP contribution in [0.5, 0.6) is 11.5 Å². The van der Waals surface area contributed by atoms with Gasteiger partial charge in [-0.15, -0.1) is 0 Å². The Balaban J connectivity index is 1.36. The molecule has 1 fully saturated rings. The average Bonchev–Trinajstić information content (AvgIpc) is 3.44. The minimum absolute atomic E-state index is 0.0686. The van der Waals surface area contributed by atoms with E-state index >= 15 is 0 Å². The smallest absolute Gasteiger partial charge is 0.305 e. The van der Waals surface area contributed by atoms with Gasteiger partial charge in [0, 0.05) is 31.5 Å². The number of carbonyl (C=O) groups is 3. The van der Waals surface area contributed by atoms with E-state index in [0.29, 0.717) is 37.6 Å². The van der Waals surface area contributed by atoms with Crippen molar-refractivity contribution in [2.75, 3.05) is 16.8 Å². The molecule has 0 unspecified atom stereocenters. The lowest BCUT2D eigenvalue weighted by Crippen LogP contribution is -2.32. The number of hydrogen-bond donors (Lipinski definition) is 3. The first-order valence-electron chi connectivity index (χ1n) is 12.2. The highest BCUT2D eigenvalue weighted by Gasteiger charge is 2.56. The van der Waals surface area contributed by atoms with E-state index in [1.807, 2.05) is 0 Å². The molecule has 1 saturated heterocycles. The van der Waals surface area contributed by atoms with Crippen molar-refractivity contribution in [3.63, 3.8) is 0 Å². The van der Waals surface area contributed by atoms with Crippen molar-refractivity contribution in [1.82, 2.24) is 4.98 Å². The zero-order valence-electron chi connectivity index (χ0n) is 20.8. The van der Waals surface area contributed by atoms with Crippen LogP contribution in [0.3, 0.4) is 0 Å². The van der Waals surface area contributed by atoms with Gasteiger partial charge in [0.25, 0.3) is 5.91 Å². The largest absolute Gasteiger partial charge is 0.508 e. The van der Waals surface area contributed by atoms with Crippen molar-refractivity contribution < 1.29 is 24.2 Å². The van der Waals surface area contributed by atoms with Crippen LogP contribution in [0.15, 0.2) is 81.0 Å². The Labute approximate surface area is 254 Å². The quantitative estimate of drug-likeness (QED) is 0.186. The van der Waals surface area contributed by atoms with Crippen LogP contribution in [0.25, 0.3) is 0 Å². The summed E-state index contributed by atoms with van der Waals surface area (Å²) in [5, 5.41) is 12.2. The summed E-state index contributed by atoms with van der Waals surface area (Å²) in [5.74, 6) is -2.45. The molecule has 0 radical (unpaired) electrons. The Hall–Kier alpha value is -3.58. The van der Waals surface area contributed by atoms with Crippen LogP contribution in [-0.4, -0.2) is 39.7 Å². The lowest BCUT2D eigenvalue weighted by Gasteiger charge is -2.31. The maximum Gasteiger partial charge on any atom is 0.305 e. The average molecular weight is 673 g/mol. The van der Waals surface area contributed by atoms with Crippen LogP contribution >= 0.6 is 50.6 Å². The maximum atomic E-state index is 14.0. The second kappa shape index (κ2) is 11.0. The molecule has 9 nitrogen and oxygen atoms in total. The Kier molecular flexibility index (Phi) is 7.41. The number of rotatable bonds is 6. The number of phenols is 1. The van der Waals surface area contributed by atoms with Gasteiger partial charge in [0.2, 0.25) is 11.8 Å². The van der Waals surface area contributed by atoms with Crippen LogP contribution < -0.4 is 19.8 Å². The third-order valence-corrected chi connectivity index (χ3v) is 9.89. The number of thiazole rings is 1. The Bertz CT molecular complexity index is 1740. The molecular formula is C28H19BrClN3O6S2. The monoisotopic (exact) mass is 671 g/mol. The van der Waals surface area contributed by atoms with Crippen molar-refractivity contribution in [3.8, 4) is 11.5 Å². The van der Waals surface area contributed by atoms with E-state index in [4.69, 9.17) is 16.3 Å². The molecule has 3 atom stereocenters. The molecule has 2 aliphatic rings. The number of aromatic nitrogens is 1. The fourth-order valence-corrected chi connectivity index (χ4v) is 7.93. The molecule has 0 spiro atoms. The first kappa shape index (κ1) is 27.6. The summed E-state index contributed by atoms with van der Waals surface area (Å²) in [6, 6.07) is 17.7. The van der Waals surface area contributed by atoms with E-state index in [9.17, 15) is 24.3 Å². The molecule has 3 N–H and O–H groups in total. The lowest BCUT2D eigenvalue weighted by molar-refractivity contribution is -0.122. The number of benzene rings is 3. The van der Waals surface area contributed by atoms with E-state index in [1.54, 1.807) is 54.6 Å². The van der Waals surface area contributed by atoms with Gasteiger partial charge in [-0.05, 0) is 66.7 Å². The zero-order valence-corrected chi connectivity index (χ0v) is 24.8. The number of fused-ring (bicyclic) bond motifs is 2. The number of amides is 3. The number of phenolic OH excluding ortho intramolecular Hbond substituents is 1. The van der Waals surface area contributed by atoms with E-state index in [2.05, 4.69) is 26.2 Å². The van der Waals surface area contributed by atoms with Crippen molar-refractivity contribution >= 4 is 79.7 Å². The van der Waals surface area contributed by atoms with Crippen molar-refractivity contribution in [2.24, 2.45) is 5.92 Å². The van der Waals surface area contributed by atoms with Gasteiger partial charge in [-0.25, -0.2) is 4.90 Å². The summed E-state index contributed by atoms with van der Waals surface area (Å²) in [6.45, 7) is -0.362. The predicted molar refractivity (Wildman–Crippen MR) is 160 cm³/mol. The summed E-state index contributed by atoms with van der Waals surface area (Å²) in [6.07, 6.45) is 0. The van der Waals surface area contributed by atoms with Gasteiger partial charge in [-0.3, -0.25) is 19.2 Å². The summed E-state index contributed by atoms with van der Waals surface area (Å²) in [7, 11) is 0. The molecule has 208 valence electrons. The summed E-state index contributed by atoms with van der Waals surface area (Å²) < 4.78 is 6.74. The molecule has 0 bridgehead atoms. The number of nitrogens with one attached hydrogen (secondary N) is 2. The molecule has 0 aliphatic carbocycles. The number of ether oxygens (including phenoxy) is 1. The van der Waals surface area contributed by atoms with Crippen LogP contribution in [0, 0.1) is 5.92 Å². The molecule has 41 heavy (non-hydrogen) atoms. The second-order valence-electron chi connectivity index (χ2n) is 9.30. The highest BCUT2D eigenvalue weighted by Crippen LogP contribution is 2.54. The zero-order chi connectivity index (χ0) is 28.8. The third-order valence-electron chi connectivity index (χ3n) is 6.73. The number of hydrogen-bond acceptors (Lipinski definition) is 8. The molecular weight excluding hydrogens is 654 g/mol. The summed E-state index contributed by atoms with van der Waals surface area (Å²) in [4.78, 5) is 57.0. The van der Waals surface area contributed by atoms with Gasteiger partial charge in [0.15, 0.2) is 6.61 Å². The van der Waals surface area contributed by atoms with E-state index < -0.39 is 28.9 Å². The molecule has 6 rings (SSSR count). The highest BCUT2D eigenvalue weighted by atomic mass is 79.9. The second-order valence-corrected chi connectivity index (χ2v) is 12.8. The molecule has 13 heteroatoms. The van der Waals surface area contributed by atoms with Gasteiger partial charge in [0.05, 0.1) is 16.6 Å². The van der Waals surface area contributed by atoms with Gasteiger partial charge in [-0.2, -0.15) is 0 Å². The fraction of sp³-hybridized carbons (Fsp3) is 0.143. The normalized spacial score (nSPS) is 19.6. The molecule has 0 saturated carbocycles. The lowest BCUT2D eigenvalue weighted by atomic mass is 9.82. The maximum absolute atomic E-state index is 14.0. The predicted octanol–water partition coefficient (Wildman–Crippen LogP) is 5.37. The molecule has 3 aromatic carbocycles. The number of H-pyrrole nitrogens is 1. The SMILES string of the molecule is O=C(COc1ccc(Cl)cc1[C@@H]1c2sc(=O)[nH]c2S[C@H]2C(=O)N(c3ccc(Br)cc3)C(=O)[C@@H]12)Nc1ccc(O)cc1. The van der Waals surface area contributed by atoms with Crippen LogP contribution in [0.2, 0.25) is 5.02 Å². The minimum Gasteiger partial charge on any atom is -0.508 e. The first-order chi connectivity index (χ1) is 19.7. The number of thioether (sulfide) groups is 1. The van der Waals surface area contributed by atoms with Crippen LogP contribution in [0.1, 0.15) is 16.4 Å². The van der Waals surface area contributed by atoms with E-state index in [-0.39, 0.29) is 23.1 Å². The number of aromatic hydroxyl groups is 1. The van der Waals surface area contributed by atoms with Crippen LogP contribution in [0.4, 0.5) is 11.4 Å². The number of halogens is 2. The van der Waals surface area contributed by atoms with Gasteiger partial charge >= 0.3 is 4.87 Å². The minimum atomic E-state index is -0.846. The molecule has 4 aromatic rings. The first-order valence-corrected chi connectivity index (χ1v) is 15.1. The van der Waals surface area contributed by atoms with E-state index in [1.165, 1.54) is 28.8 Å². The standard InChI is InChI=1S/C28H19BrClN3O6S2/c29-13-1-6-16(7-2-13)33-26(36)22-21(23-25(32-28(38)41-23)40-24(22)27(33)37)18-11-14(30)3-10-19(18)39-12-20(35)31-15-4-8-17(34)9-5-15/h1-11,21-22,24,34H,12H2,(H,31,35)(H,32,38)/t21-,22-,24+/m0/s1. The Morgan fingerprint density at radius 3 is 2.51 bits per heavy atom. The number of anilines is 2. The highest BCUT2D eigenvalue weighted by molar-refractivity contribution is 9.10. The summed E-state index contributed by atoms with van der Waals surface area (Å²) >= 11 is 11.9. The van der Waals surface area contributed by atoms with Crippen LogP contribution in [-0.2, 0) is 14.4 Å².